The van der Waals surface area contributed by atoms with Gasteiger partial charge in [-0.15, -0.1) is 0 Å². The van der Waals surface area contributed by atoms with Crippen LogP contribution in [0.3, 0.4) is 0 Å². The van der Waals surface area contributed by atoms with Crippen molar-refractivity contribution in [1.29, 1.82) is 0 Å². The summed E-state index contributed by atoms with van der Waals surface area (Å²) in [5.41, 5.74) is 8.18. The van der Waals surface area contributed by atoms with E-state index in [9.17, 15) is 4.79 Å². The van der Waals surface area contributed by atoms with Crippen molar-refractivity contribution >= 4 is 5.91 Å². The zero-order valence-electron chi connectivity index (χ0n) is 14.4. The van der Waals surface area contributed by atoms with Crippen LogP contribution in [0.2, 0.25) is 0 Å². The van der Waals surface area contributed by atoms with E-state index in [1.165, 1.54) is 11.8 Å². The van der Waals surface area contributed by atoms with Crippen LogP contribution in [-0.2, 0) is 0 Å². The topological polar surface area (TPSA) is 62.7 Å². The lowest BCUT2D eigenvalue weighted by Crippen LogP contribution is -2.34. The number of nitrogens with zero attached hydrogens (tertiary/aromatic N) is 2. The fraction of sp³-hybridized carbons (Fsp3) is 0.450. The number of hydrogen-bond acceptors (Lipinski definition) is 4. The number of fused-ring (bicyclic) bond motifs is 1. The first-order valence-corrected chi connectivity index (χ1v) is 9.05. The number of carbonyl (C=O) groups excluding carboxylic acids is 1. The maximum atomic E-state index is 12.4. The van der Waals surface area contributed by atoms with Gasteiger partial charge in [0.05, 0.1) is 11.8 Å². The molecule has 2 fully saturated rings. The fourth-order valence-electron chi connectivity index (χ4n) is 4.20. The molecule has 25 heavy (non-hydrogen) atoms. The maximum Gasteiger partial charge on any atom is 0.257 e. The minimum Gasteiger partial charge on any atom is -0.472 e. The van der Waals surface area contributed by atoms with Gasteiger partial charge in [-0.25, -0.2) is 0 Å². The summed E-state index contributed by atoms with van der Waals surface area (Å²) in [7, 11) is 0. The Labute approximate surface area is 148 Å². The third-order valence-electron chi connectivity index (χ3n) is 5.60. The monoisotopic (exact) mass is 339 g/mol. The molecule has 2 unspecified atom stereocenters. The van der Waals surface area contributed by atoms with E-state index in [0.29, 0.717) is 17.4 Å². The molecule has 0 radical (unpaired) electrons. The van der Waals surface area contributed by atoms with Gasteiger partial charge in [-0.1, -0.05) is 30.3 Å². The number of carbonyl (C=O) groups is 1. The van der Waals surface area contributed by atoms with Crippen LogP contribution in [-0.4, -0.2) is 48.4 Å². The zero-order valence-corrected chi connectivity index (χ0v) is 14.4. The van der Waals surface area contributed by atoms with Gasteiger partial charge >= 0.3 is 0 Å². The van der Waals surface area contributed by atoms with E-state index in [2.05, 4.69) is 17.0 Å². The summed E-state index contributed by atoms with van der Waals surface area (Å²) in [5.74, 6) is 1.27. The molecule has 2 saturated heterocycles. The van der Waals surface area contributed by atoms with Gasteiger partial charge in [0.2, 0.25) is 0 Å². The quantitative estimate of drug-likeness (QED) is 0.908. The lowest BCUT2D eigenvalue weighted by molar-refractivity contribution is 0.0773. The Morgan fingerprint density at radius 2 is 1.84 bits per heavy atom. The molecular formula is C20H25N3O2. The SMILES string of the molecule is N[C@@H](CCN1CC2CN(C(=O)c3ccoc3)CC2C1)c1ccccc1. The first-order chi connectivity index (χ1) is 12.2. The lowest BCUT2D eigenvalue weighted by atomic mass is 10.0. The molecule has 5 nitrogen and oxygen atoms in total. The summed E-state index contributed by atoms with van der Waals surface area (Å²) in [6, 6.07) is 12.1. The molecule has 0 aliphatic carbocycles. The second-order valence-electron chi connectivity index (χ2n) is 7.31. The zero-order chi connectivity index (χ0) is 17.2. The Balaban J connectivity index is 1.26. The highest BCUT2D eigenvalue weighted by Crippen LogP contribution is 2.32. The van der Waals surface area contributed by atoms with Gasteiger partial charge in [0.25, 0.3) is 5.91 Å². The molecule has 3 heterocycles. The maximum absolute atomic E-state index is 12.4. The third kappa shape index (κ3) is 3.48. The molecule has 2 aliphatic rings. The lowest BCUT2D eigenvalue weighted by Gasteiger charge is -2.22. The van der Waals surface area contributed by atoms with Crippen molar-refractivity contribution in [3.63, 3.8) is 0 Å². The summed E-state index contributed by atoms with van der Waals surface area (Å²) in [5, 5.41) is 0. The van der Waals surface area contributed by atoms with E-state index in [-0.39, 0.29) is 11.9 Å². The molecule has 0 spiro atoms. The standard InChI is InChI=1S/C20H25N3O2/c21-19(15-4-2-1-3-5-15)6-8-22-10-17-12-23(13-18(17)11-22)20(24)16-7-9-25-14-16/h1-5,7,9,14,17-19H,6,8,10-13,21H2/t17?,18?,19-/m0/s1. The first kappa shape index (κ1) is 16.4. The smallest absolute Gasteiger partial charge is 0.257 e. The van der Waals surface area contributed by atoms with Gasteiger partial charge in [0, 0.05) is 32.2 Å². The van der Waals surface area contributed by atoms with E-state index in [4.69, 9.17) is 10.2 Å². The Bertz CT molecular complexity index is 687. The van der Waals surface area contributed by atoms with Crippen molar-refractivity contribution in [2.45, 2.75) is 12.5 Å². The van der Waals surface area contributed by atoms with Crippen LogP contribution >= 0.6 is 0 Å². The molecular weight excluding hydrogens is 314 g/mol. The van der Waals surface area contributed by atoms with Crippen LogP contribution in [0.4, 0.5) is 0 Å². The van der Waals surface area contributed by atoms with Crippen LogP contribution in [0.1, 0.15) is 28.4 Å². The van der Waals surface area contributed by atoms with Gasteiger partial charge in [-0.3, -0.25) is 4.79 Å². The Morgan fingerprint density at radius 1 is 1.12 bits per heavy atom. The average molecular weight is 339 g/mol. The van der Waals surface area contributed by atoms with Gasteiger partial charge in [0.15, 0.2) is 0 Å². The Kier molecular flexibility index (Phi) is 4.59. The van der Waals surface area contributed by atoms with Crippen molar-refractivity contribution in [2.24, 2.45) is 17.6 Å². The normalized spacial score (nSPS) is 24.4. The largest absolute Gasteiger partial charge is 0.472 e. The van der Waals surface area contributed by atoms with Crippen LogP contribution in [0.25, 0.3) is 0 Å². The van der Waals surface area contributed by atoms with Crippen LogP contribution < -0.4 is 5.73 Å². The summed E-state index contributed by atoms with van der Waals surface area (Å²) in [6.45, 7) is 4.88. The molecule has 1 amide bonds. The number of likely N-dealkylation sites (tertiary alicyclic amines) is 2. The van der Waals surface area contributed by atoms with Crippen molar-refractivity contribution < 1.29 is 9.21 Å². The Hall–Kier alpha value is -2.11. The highest BCUT2D eigenvalue weighted by Gasteiger charge is 2.41. The molecule has 1 aromatic carbocycles. The second-order valence-corrected chi connectivity index (χ2v) is 7.31. The number of nitrogens with two attached hydrogens (primary N) is 1. The molecule has 2 aromatic rings. The number of furan rings is 1. The van der Waals surface area contributed by atoms with Gasteiger partial charge < -0.3 is 20.0 Å². The van der Waals surface area contributed by atoms with Crippen LogP contribution in [0.5, 0.6) is 0 Å². The molecule has 132 valence electrons. The van der Waals surface area contributed by atoms with Crippen molar-refractivity contribution in [3.8, 4) is 0 Å². The van der Waals surface area contributed by atoms with E-state index in [1.807, 2.05) is 23.1 Å². The molecule has 5 heteroatoms. The van der Waals surface area contributed by atoms with Crippen molar-refractivity contribution in [1.82, 2.24) is 9.80 Å². The summed E-state index contributed by atoms with van der Waals surface area (Å²) in [6.07, 6.45) is 4.07. The van der Waals surface area contributed by atoms with Gasteiger partial charge in [-0.2, -0.15) is 0 Å². The second kappa shape index (κ2) is 7.02. The van der Waals surface area contributed by atoms with E-state index < -0.39 is 0 Å². The third-order valence-corrected chi connectivity index (χ3v) is 5.60. The van der Waals surface area contributed by atoms with E-state index in [1.54, 1.807) is 12.3 Å². The summed E-state index contributed by atoms with van der Waals surface area (Å²) in [4.78, 5) is 16.9. The van der Waals surface area contributed by atoms with Crippen LogP contribution in [0.15, 0.2) is 53.3 Å². The first-order valence-electron chi connectivity index (χ1n) is 9.05. The molecule has 2 N–H and O–H groups in total. The van der Waals surface area contributed by atoms with Gasteiger partial charge in [-0.05, 0) is 36.4 Å². The van der Waals surface area contributed by atoms with Crippen molar-refractivity contribution in [2.75, 3.05) is 32.7 Å². The molecule has 0 saturated carbocycles. The highest BCUT2D eigenvalue weighted by molar-refractivity contribution is 5.94. The Morgan fingerprint density at radius 3 is 2.48 bits per heavy atom. The summed E-state index contributed by atoms with van der Waals surface area (Å²) >= 11 is 0. The molecule has 2 aliphatic heterocycles. The minimum absolute atomic E-state index is 0.0980. The van der Waals surface area contributed by atoms with E-state index >= 15 is 0 Å². The summed E-state index contributed by atoms with van der Waals surface area (Å²) < 4.78 is 5.03. The van der Waals surface area contributed by atoms with Crippen molar-refractivity contribution in [3.05, 3.63) is 60.1 Å². The fourth-order valence-corrected chi connectivity index (χ4v) is 4.20. The number of rotatable bonds is 5. The predicted molar refractivity (Wildman–Crippen MR) is 96.0 cm³/mol. The molecule has 1 aromatic heterocycles. The minimum atomic E-state index is 0.0980. The number of benzene rings is 1. The molecule has 4 rings (SSSR count). The number of amides is 1. The highest BCUT2D eigenvalue weighted by atomic mass is 16.3. The van der Waals surface area contributed by atoms with Gasteiger partial charge in [0.1, 0.15) is 6.26 Å². The number of hydrogen-bond donors (Lipinski definition) is 1. The predicted octanol–water partition coefficient (Wildman–Crippen LogP) is 2.37. The van der Waals surface area contributed by atoms with Crippen LogP contribution in [0, 0.1) is 11.8 Å². The molecule has 0 bridgehead atoms. The van der Waals surface area contributed by atoms with E-state index in [0.717, 1.165) is 39.1 Å². The molecule has 3 atom stereocenters. The average Bonchev–Trinajstić information content (AvgIpc) is 3.35.